The van der Waals surface area contributed by atoms with Gasteiger partial charge in [0, 0.05) is 12.1 Å². The van der Waals surface area contributed by atoms with E-state index in [1.54, 1.807) is 0 Å². The van der Waals surface area contributed by atoms with E-state index < -0.39 is 0 Å². The molecule has 0 bridgehead atoms. The first-order chi connectivity index (χ1) is 10.3. The Morgan fingerprint density at radius 2 is 1.57 bits per heavy atom. The molecule has 0 atom stereocenters. The molecule has 21 heavy (non-hydrogen) atoms. The molecule has 1 aromatic heterocycles. The van der Waals surface area contributed by atoms with Gasteiger partial charge in [0.05, 0.1) is 11.6 Å². The Kier molecular flexibility index (Phi) is 4.39. The van der Waals surface area contributed by atoms with E-state index in [1.807, 2.05) is 54.6 Å². The first kappa shape index (κ1) is 13.9. The fourth-order valence-corrected chi connectivity index (χ4v) is 2.43. The van der Waals surface area contributed by atoms with Gasteiger partial charge in [-0.3, -0.25) is 0 Å². The first-order valence-electron chi connectivity index (χ1n) is 6.91. The molecule has 106 valence electrons. The monoisotopic (exact) mass is 297 g/mol. The van der Waals surface area contributed by atoms with Crippen molar-refractivity contribution in [1.29, 1.82) is 0 Å². The Morgan fingerprint density at radius 3 is 2.38 bits per heavy atom. The number of rotatable bonds is 5. The molecular weight excluding hydrogens is 282 g/mol. The molecule has 3 rings (SSSR count). The van der Waals surface area contributed by atoms with Crippen LogP contribution >= 0.6 is 11.6 Å². The van der Waals surface area contributed by atoms with Crippen molar-refractivity contribution < 1.29 is 4.42 Å². The third kappa shape index (κ3) is 3.54. The number of furan rings is 1. The molecule has 0 aliphatic rings. The molecule has 0 radical (unpaired) electrons. The second-order valence-corrected chi connectivity index (χ2v) is 5.24. The molecule has 0 saturated heterocycles. The maximum atomic E-state index is 6.18. The Labute approximate surface area is 129 Å². The van der Waals surface area contributed by atoms with E-state index in [-0.39, 0.29) is 0 Å². The zero-order valence-corrected chi connectivity index (χ0v) is 12.3. The van der Waals surface area contributed by atoms with Crippen molar-refractivity contribution in [3.63, 3.8) is 0 Å². The first-order valence-corrected chi connectivity index (χ1v) is 7.29. The van der Waals surface area contributed by atoms with Gasteiger partial charge in [-0.15, -0.1) is 0 Å². The Hall–Kier alpha value is -2.03. The van der Waals surface area contributed by atoms with E-state index in [2.05, 4.69) is 17.4 Å². The highest BCUT2D eigenvalue weighted by molar-refractivity contribution is 6.33. The Balaban J connectivity index is 1.62. The maximum absolute atomic E-state index is 6.18. The van der Waals surface area contributed by atoms with Gasteiger partial charge in [0.15, 0.2) is 0 Å². The van der Waals surface area contributed by atoms with Crippen LogP contribution in [0.2, 0.25) is 5.02 Å². The molecule has 0 aliphatic carbocycles. The Bertz CT molecular complexity index is 706. The molecule has 2 aromatic carbocycles. The largest absolute Gasteiger partial charge is 0.460 e. The van der Waals surface area contributed by atoms with Gasteiger partial charge in [-0.05, 0) is 29.8 Å². The van der Waals surface area contributed by atoms with Gasteiger partial charge in [0.25, 0.3) is 0 Å². The SMILES string of the molecule is Clc1ccccc1-c1ccc(CNCc2ccccc2)o1. The molecule has 0 amide bonds. The molecule has 2 nitrogen and oxygen atoms in total. The predicted molar refractivity (Wildman–Crippen MR) is 86.1 cm³/mol. The quantitative estimate of drug-likeness (QED) is 0.725. The van der Waals surface area contributed by atoms with Gasteiger partial charge in [-0.1, -0.05) is 54.1 Å². The van der Waals surface area contributed by atoms with Gasteiger partial charge < -0.3 is 9.73 Å². The average Bonchev–Trinajstić information content (AvgIpc) is 2.97. The smallest absolute Gasteiger partial charge is 0.135 e. The summed E-state index contributed by atoms with van der Waals surface area (Å²) in [6.07, 6.45) is 0. The van der Waals surface area contributed by atoms with E-state index in [9.17, 15) is 0 Å². The molecule has 3 heteroatoms. The fraction of sp³-hybridized carbons (Fsp3) is 0.111. The topological polar surface area (TPSA) is 25.2 Å². The van der Waals surface area contributed by atoms with Gasteiger partial charge in [-0.2, -0.15) is 0 Å². The van der Waals surface area contributed by atoms with Crippen molar-refractivity contribution in [3.8, 4) is 11.3 Å². The van der Waals surface area contributed by atoms with Crippen LogP contribution in [0.25, 0.3) is 11.3 Å². The van der Waals surface area contributed by atoms with Crippen molar-refractivity contribution in [3.05, 3.63) is 83.1 Å². The summed E-state index contributed by atoms with van der Waals surface area (Å²) in [6.45, 7) is 1.52. The highest BCUT2D eigenvalue weighted by atomic mass is 35.5. The maximum Gasteiger partial charge on any atom is 0.135 e. The number of halogens is 1. The van der Waals surface area contributed by atoms with Crippen LogP contribution in [-0.4, -0.2) is 0 Å². The Morgan fingerprint density at radius 1 is 0.810 bits per heavy atom. The van der Waals surface area contributed by atoms with Gasteiger partial charge in [0.1, 0.15) is 11.5 Å². The highest BCUT2D eigenvalue weighted by Gasteiger charge is 2.07. The van der Waals surface area contributed by atoms with Gasteiger partial charge >= 0.3 is 0 Å². The summed E-state index contributed by atoms with van der Waals surface area (Å²) in [4.78, 5) is 0. The van der Waals surface area contributed by atoms with Crippen LogP contribution in [0.15, 0.2) is 71.1 Å². The lowest BCUT2D eigenvalue weighted by molar-refractivity contribution is 0.493. The zero-order chi connectivity index (χ0) is 14.5. The van der Waals surface area contributed by atoms with Crippen LogP contribution in [0.1, 0.15) is 11.3 Å². The molecule has 0 unspecified atom stereocenters. The van der Waals surface area contributed by atoms with Crippen molar-refractivity contribution >= 4 is 11.6 Å². The van der Waals surface area contributed by atoms with Crippen molar-refractivity contribution in [2.75, 3.05) is 0 Å². The van der Waals surface area contributed by atoms with Crippen LogP contribution in [0.3, 0.4) is 0 Å². The molecule has 0 spiro atoms. The second kappa shape index (κ2) is 6.61. The van der Waals surface area contributed by atoms with Crippen LogP contribution in [-0.2, 0) is 13.1 Å². The summed E-state index contributed by atoms with van der Waals surface area (Å²) in [5, 5.41) is 4.07. The number of benzene rings is 2. The lowest BCUT2D eigenvalue weighted by Gasteiger charge is -2.03. The summed E-state index contributed by atoms with van der Waals surface area (Å²) in [5.41, 5.74) is 2.18. The van der Waals surface area contributed by atoms with Gasteiger partial charge in [-0.25, -0.2) is 0 Å². The van der Waals surface area contributed by atoms with Crippen LogP contribution in [0.5, 0.6) is 0 Å². The van der Waals surface area contributed by atoms with E-state index in [0.29, 0.717) is 11.6 Å². The van der Waals surface area contributed by atoms with E-state index >= 15 is 0 Å². The molecule has 1 N–H and O–H groups in total. The molecule has 0 aliphatic heterocycles. The van der Waals surface area contributed by atoms with Crippen LogP contribution < -0.4 is 5.32 Å². The summed E-state index contributed by atoms with van der Waals surface area (Å²) < 4.78 is 5.84. The molecule has 3 aromatic rings. The van der Waals surface area contributed by atoms with Crippen molar-refractivity contribution in [1.82, 2.24) is 5.32 Å². The predicted octanol–water partition coefficient (Wildman–Crippen LogP) is 4.89. The van der Waals surface area contributed by atoms with E-state index in [0.717, 1.165) is 23.6 Å². The number of hydrogen-bond acceptors (Lipinski definition) is 2. The third-order valence-corrected chi connectivity index (χ3v) is 3.60. The minimum Gasteiger partial charge on any atom is -0.460 e. The molecule has 1 heterocycles. The van der Waals surface area contributed by atoms with E-state index in [1.165, 1.54) is 5.56 Å². The fourth-order valence-electron chi connectivity index (χ4n) is 2.20. The van der Waals surface area contributed by atoms with Crippen LogP contribution in [0.4, 0.5) is 0 Å². The van der Waals surface area contributed by atoms with Gasteiger partial charge in [0.2, 0.25) is 0 Å². The normalized spacial score (nSPS) is 10.7. The third-order valence-electron chi connectivity index (χ3n) is 3.27. The van der Waals surface area contributed by atoms with Crippen molar-refractivity contribution in [2.24, 2.45) is 0 Å². The summed E-state index contributed by atoms with van der Waals surface area (Å²) in [5.74, 6) is 1.71. The summed E-state index contributed by atoms with van der Waals surface area (Å²) >= 11 is 6.18. The zero-order valence-electron chi connectivity index (χ0n) is 11.6. The second-order valence-electron chi connectivity index (χ2n) is 4.83. The van der Waals surface area contributed by atoms with E-state index in [4.69, 9.17) is 16.0 Å². The average molecular weight is 298 g/mol. The van der Waals surface area contributed by atoms with Crippen LogP contribution in [0, 0.1) is 0 Å². The number of hydrogen-bond donors (Lipinski definition) is 1. The molecular formula is C18H16ClNO. The summed E-state index contributed by atoms with van der Waals surface area (Å²) in [7, 11) is 0. The lowest BCUT2D eigenvalue weighted by atomic mass is 10.2. The minimum absolute atomic E-state index is 0.694. The number of nitrogens with one attached hydrogen (secondary N) is 1. The minimum atomic E-state index is 0.694. The standard InChI is InChI=1S/C18H16ClNO/c19-17-9-5-4-8-16(17)18-11-10-15(21-18)13-20-12-14-6-2-1-3-7-14/h1-11,20H,12-13H2. The van der Waals surface area contributed by atoms with Crippen molar-refractivity contribution in [2.45, 2.75) is 13.1 Å². The highest BCUT2D eigenvalue weighted by Crippen LogP contribution is 2.28. The summed E-state index contributed by atoms with van der Waals surface area (Å²) in [6, 6.07) is 21.9. The molecule has 0 fully saturated rings. The molecule has 0 saturated carbocycles. The lowest BCUT2D eigenvalue weighted by Crippen LogP contribution is -2.11.